The first-order valence-corrected chi connectivity index (χ1v) is 14.6. The van der Waals surface area contributed by atoms with Gasteiger partial charge in [0, 0.05) is 51.6 Å². The quantitative estimate of drug-likeness (QED) is 0.228. The van der Waals surface area contributed by atoms with Crippen LogP contribution in [0.1, 0.15) is 105 Å². The molecule has 3 aromatic heterocycles. The largest absolute Gasteiger partial charge is 2.00 e. The Morgan fingerprint density at radius 1 is 0.935 bits per heavy atom. The number of rotatable bonds is 8. The number of carboxylic acids is 3. The van der Waals surface area contributed by atoms with Gasteiger partial charge >= 0.3 is 92.3 Å². The number of H-pyrrole nitrogens is 2. The predicted molar refractivity (Wildman–Crippen MR) is 178 cm³/mol. The van der Waals surface area contributed by atoms with Gasteiger partial charge in [-0.1, -0.05) is 26.5 Å². The van der Waals surface area contributed by atoms with E-state index in [4.69, 9.17) is 9.97 Å². The molecule has 3 aromatic rings. The van der Waals surface area contributed by atoms with Crippen molar-refractivity contribution in [2.24, 2.45) is 0 Å². The minimum atomic E-state index is -1.20. The number of aromatic carboxylic acids is 1. The van der Waals surface area contributed by atoms with E-state index in [1.54, 1.807) is 13.0 Å². The molecular formula is C34H39KMgN4O6. The minimum absolute atomic E-state index is 0. The zero-order valence-electron chi connectivity index (χ0n) is 30.2. The molecule has 0 aromatic carbocycles. The number of aryl methyl sites for hydroxylation is 3. The molecule has 5 N–H and O–H groups in total. The molecule has 46 heavy (non-hydrogen) atoms. The molecule has 0 unspecified atom stereocenters. The number of carboxylic acid groups (broad SMARTS) is 3. The van der Waals surface area contributed by atoms with Crippen molar-refractivity contribution in [1.82, 2.24) is 19.9 Å². The molecule has 2 aliphatic rings. The van der Waals surface area contributed by atoms with E-state index in [1.807, 2.05) is 45.9 Å². The van der Waals surface area contributed by atoms with Gasteiger partial charge in [0.25, 0.3) is 0 Å². The molecule has 5 rings (SSSR count). The molecule has 2 aliphatic heterocycles. The number of nitrogens with zero attached hydrogens (tertiary/aromatic N) is 2. The summed E-state index contributed by atoms with van der Waals surface area (Å²) in [5.41, 5.74) is 9.27. The molecule has 8 bridgehead atoms. The summed E-state index contributed by atoms with van der Waals surface area (Å²) < 4.78 is 0. The Balaban J connectivity index is 0.00000461. The Hall–Kier alpha value is -2.59. The van der Waals surface area contributed by atoms with Crippen molar-refractivity contribution >= 4 is 74.2 Å². The molecule has 0 amide bonds. The van der Waals surface area contributed by atoms with E-state index in [0.29, 0.717) is 28.2 Å². The molecule has 0 spiro atoms. The maximum absolute atomic E-state index is 12.7. The van der Waals surface area contributed by atoms with Gasteiger partial charge < -0.3 is 29.6 Å². The Morgan fingerprint density at radius 3 is 2.20 bits per heavy atom. The summed E-state index contributed by atoms with van der Waals surface area (Å²) in [4.78, 5) is 53.2. The molecule has 0 saturated carbocycles. The minimum Gasteiger partial charge on any atom is -1.00 e. The zero-order chi connectivity index (χ0) is 32.0. The van der Waals surface area contributed by atoms with E-state index >= 15 is 0 Å². The third-order valence-electron chi connectivity index (χ3n) is 8.95. The van der Waals surface area contributed by atoms with Gasteiger partial charge in [-0.2, -0.15) is 0 Å². The van der Waals surface area contributed by atoms with Gasteiger partial charge in [0.05, 0.1) is 34.6 Å². The predicted octanol–water partition coefficient (Wildman–Crippen LogP) is 3.65. The van der Waals surface area contributed by atoms with Gasteiger partial charge in [0.2, 0.25) is 0 Å². The van der Waals surface area contributed by atoms with Crippen LogP contribution in [0.2, 0.25) is 0 Å². The van der Waals surface area contributed by atoms with Crippen LogP contribution in [0.15, 0.2) is 30.9 Å². The summed E-state index contributed by atoms with van der Waals surface area (Å²) in [6.45, 7) is 13.7. The van der Waals surface area contributed by atoms with Crippen LogP contribution in [0.5, 0.6) is 0 Å². The topological polar surface area (TPSA) is 169 Å². The summed E-state index contributed by atoms with van der Waals surface area (Å²) in [6, 6.07) is 5.70. The average molecular weight is 663 g/mol. The third kappa shape index (κ3) is 6.98. The number of fused-ring (bicyclic) bond motifs is 8. The maximum atomic E-state index is 12.7. The third-order valence-corrected chi connectivity index (χ3v) is 8.95. The number of nitrogens with one attached hydrogen (secondary N) is 2. The van der Waals surface area contributed by atoms with Crippen LogP contribution in [-0.4, -0.2) is 76.2 Å². The molecule has 5 heterocycles. The molecule has 2 atom stereocenters. The van der Waals surface area contributed by atoms with Gasteiger partial charge in [0.1, 0.15) is 0 Å². The van der Waals surface area contributed by atoms with Crippen LogP contribution in [0.3, 0.4) is 0 Å². The van der Waals surface area contributed by atoms with E-state index in [2.05, 4.69) is 16.5 Å². The van der Waals surface area contributed by atoms with Crippen molar-refractivity contribution < 1.29 is 85.4 Å². The SMILES string of the molecule is C=CC1=C(C)c2cc3nc(c(CC(=O)O)c4[nH]c(cc5[nH]c(cc1n2)c(C)c5CC)c(C)c4C(=O)O)[C@@H](CCC(=O)O)[C@@H]3C.[H-].[H-].[H-].[K+].[Mg+2]. The number of aliphatic carboxylic acids is 2. The average Bonchev–Trinajstić information content (AvgIpc) is 3.63. The fraction of sp³-hybridized carbons (Fsp3) is 0.324. The number of hydrogen-bond acceptors (Lipinski definition) is 5. The standard InChI is InChI=1S/C34H36N4O6.K.Mg.3H/c1-7-19-15(3)23-12-25-17(5)21(9-10-29(39)40)32(37-25)22(11-30(41)42)33-31(34(43)44)18(6)26(38-33)14-28-20(8-2)16(4)24(36-28)13-27(19)35-23;;;;;/h7,12-14,17,21,36,38H,1,8-11H2,2-6H3,(H,39,40)(H,41,42)(H,43,44);;;;;/q;+1;+2;3*-1/t17-,21-;;;;;/m0...../s1. The van der Waals surface area contributed by atoms with Crippen LogP contribution in [0.4, 0.5) is 0 Å². The van der Waals surface area contributed by atoms with Crippen LogP contribution in [-0.2, 0) is 22.4 Å². The van der Waals surface area contributed by atoms with Crippen LogP contribution in [0, 0.1) is 13.8 Å². The van der Waals surface area contributed by atoms with Crippen LogP contribution < -0.4 is 51.4 Å². The normalized spacial score (nSPS) is 15.6. The first kappa shape index (κ1) is 37.9. The monoisotopic (exact) mass is 662 g/mol. The second-order valence-electron chi connectivity index (χ2n) is 11.5. The first-order chi connectivity index (χ1) is 20.9. The smallest absolute Gasteiger partial charge is 1.00 e. The van der Waals surface area contributed by atoms with E-state index in [0.717, 1.165) is 45.4 Å². The van der Waals surface area contributed by atoms with Gasteiger partial charge in [-0.05, 0) is 74.1 Å². The molecule has 234 valence electrons. The van der Waals surface area contributed by atoms with Crippen molar-refractivity contribution in [3.05, 3.63) is 81.4 Å². The van der Waals surface area contributed by atoms with Crippen molar-refractivity contribution in [1.29, 1.82) is 0 Å². The van der Waals surface area contributed by atoms with Gasteiger partial charge in [-0.15, -0.1) is 0 Å². The summed E-state index contributed by atoms with van der Waals surface area (Å²) in [6.07, 6.45) is 2.04. The number of carbonyl (C=O) groups is 3. The molecule has 10 nitrogen and oxygen atoms in total. The van der Waals surface area contributed by atoms with Crippen molar-refractivity contribution in [2.45, 2.75) is 72.1 Å². The van der Waals surface area contributed by atoms with Gasteiger partial charge in [0.15, 0.2) is 0 Å². The Morgan fingerprint density at radius 2 is 1.61 bits per heavy atom. The fourth-order valence-corrected chi connectivity index (χ4v) is 6.53. The van der Waals surface area contributed by atoms with Crippen molar-refractivity contribution in [3.8, 4) is 0 Å². The summed E-state index contributed by atoms with van der Waals surface area (Å²) >= 11 is 0. The molecule has 0 fully saturated rings. The first-order valence-electron chi connectivity index (χ1n) is 14.6. The van der Waals surface area contributed by atoms with E-state index in [1.165, 1.54) is 0 Å². The molecule has 12 heteroatoms. The van der Waals surface area contributed by atoms with E-state index < -0.39 is 30.2 Å². The molecule has 0 aliphatic carbocycles. The second-order valence-corrected chi connectivity index (χ2v) is 11.5. The van der Waals surface area contributed by atoms with Gasteiger partial charge in [-0.3, -0.25) is 14.6 Å². The molecule has 0 radical (unpaired) electrons. The second kappa shape index (κ2) is 15.1. The number of aromatic nitrogens is 4. The van der Waals surface area contributed by atoms with Crippen molar-refractivity contribution in [3.63, 3.8) is 0 Å². The zero-order valence-corrected chi connectivity index (χ0v) is 31.7. The van der Waals surface area contributed by atoms with Crippen molar-refractivity contribution in [2.75, 3.05) is 0 Å². The maximum Gasteiger partial charge on any atom is 2.00 e. The Kier molecular flexibility index (Phi) is 12.4. The number of aromatic amines is 2. The molecular weight excluding hydrogens is 624 g/mol. The summed E-state index contributed by atoms with van der Waals surface area (Å²) in [7, 11) is 0. The van der Waals surface area contributed by atoms with Crippen LogP contribution >= 0.6 is 0 Å². The fourth-order valence-electron chi connectivity index (χ4n) is 6.53. The number of allylic oxidation sites excluding steroid dienone is 3. The molecule has 0 saturated heterocycles. The van der Waals surface area contributed by atoms with Crippen LogP contribution in [0.25, 0.3) is 33.2 Å². The van der Waals surface area contributed by atoms with Gasteiger partial charge in [-0.25, -0.2) is 9.78 Å². The van der Waals surface area contributed by atoms with E-state index in [9.17, 15) is 29.7 Å². The summed E-state index contributed by atoms with van der Waals surface area (Å²) in [5, 5.41) is 29.9. The Labute approximate surface area is 329 Å². The number of hydrogen-bond donors (Lipinski definition) is 5. The summed E-state index contributed by atoms with van der Waals surface area (Å²) in [5.74, 6) is -4.08. The van der Waals surface area contributed by atoms with E-state index in [-0.39, 0.29) is 114 Å². The Bertz CT molecular complexity index is 1970.